The molecule has 0 unspecified atom stereocenters. The van der Waals surface area contributed by atoms with Crippen LogP contribution in [0.3, 0.4) is 0 Å². The van der Waals surface area contributed by atoms with E-state index in [4.69, 9.17) is 10.5 Å². The molecule has 6 heteroatoms. The second-order valence-corrected chi connectivity index (χ2v) is 3.29. The molecule has 14 heavy (non-hydrogen) atoms. The number of hydrogen-bond acceptors (Lipinski definition) is 6. The quantitative estimate of drug-likeness (QED) is 0.802. The van der Waals surface area contributed by atoms with Crippen molar-refractivity contribution in [3.8, 4) is 16.3 Å². The topological polar surface area (TPSA) is 73.9 Å². The molecule has 0 bridgehead atoms. The standard InChI is InChI=1S/C8H8N4OS/c1-13-6-4-10-3-2-5(6)7-11-8(9)12-14-7/h2-4H,1H3,(H2,9,12). The van der Waals surface area contributed by atoms with Crippen LogP contribution in [-0.2, 0) is 0 Å². The Labute approximate surface area is 84.7 Å². The van der Waals surface area contributed by atoms with E-state index in [1.807, 2.05) is 6.07 Å². The number of ether oxygens (including phenoxy) is 1. The Balaban J connectivity index is 2.50. The van der Waals surface area contributed by atoms with Crippen LogP contribution in [0.4, 0.5) is 5.95 Å². The van der Waals surface area contributed by atoms with E-state index in [9.17, 15) is 0 Å². The van der Waals surface area contributed by atoms with Gasteiger partial charge in [0.15, 0.2) is 0 Å². The van der Waals surface area contributed by atoms with Crippen molar-refractivity contribution < 1.29 is 4.74 Å². The molecule has 2 aromatic rings. The number of rotatable bonds is 2. The average Bonchev–Trinajstić information content (AvgIpc) is 2.65. The monoisotopic (exact) mass is 208 g/mol. The van der Waals surface area contributed by atoms with Crippen molar-refractivity contribution in [1.82, 2.24) is 14.3 Å². The van der Waals surface area contributed by atoms with Crippen LogP contribution in [0.15, 0.2) is 18.5 Å². The van der Waals surface area contributed by atoms with Gasteiger partial charge >= 0.3 is 0 Å². The second kappa shape index (κ2) is 3.59. The van der Waals surface area contributed by atoms with Gasteiger partial charge in [0.05, 0.1) is 18.9 Å². The first kappa shape index (κ1) is 8.89. The molecule has 0 aromatic carbocycles. The van der Waals surface area contributed by atoms with Gasteiger partial charge in [0.25, 0.3) is 0 Å². The molecule has 5 nitrogen and oxygen atoms in total. The van der Waals surface area contributed by atoms with Crippen molar-refractivity contribution in [3.05, 3.63) is 18.5 Å². The van der Waals surface area contributed by atoms with E-state index in [1.54, 1.807) is 19.5 Å². The summed E-state index contributed by atoms with van der Waals surface area (Å²) in [5.74, 6) is 0.951. The predicted octanol–water partition coefficient (Wildman–Crippen LogP) is 1.19. The Kier molecular flexibility index (Phi) is 2.28. The zero-order valence-corrected chi connectivity index (χ0v) is 8.28. The summed E-state index contributed by atoms with van der Waals surface area (Å²) >= 11 is 1.24. The zero-order valence-electron chi connectivity index (χ0n) is 7.47. The van der Waals surface area contributed by atoms with E-state index >= 15 is 0 Å². The third kappa shape index (κ3) is 1.51. The van der Waals surface area contributed by atoms with Crippen molar-refractivity contribution >= 4 is 17.5 Å². The fraction of sp³-hybridized carbons (Fsp3) is 0.125. The zero-order chi connectivity index (χ0) is 9.97. The molecule has 2 heterocycles. The number of pyridine rings is 1. The summed E-state index contributed by atoms with van der Waals surface area (Å²) in [5, 5.41) is 0.738. The Hall–Kier alpha value is -1.69. The molecule has 0 saturated heterocycles. The normalized spacial score (nSPS) is 10.1. The van der Waals surface area contributed by atoms with Gasteiger partial charge in [-0.1, -0.05) is 0 Å². The maximum Gasteiger partial charge on any atom is 0.232 e. The molecule has 0 aliphatic carbocycles. The van der Waals surface area contributed by atoms with E-state index in [-0.39, 0.29) is 5.95 Å². The van der Waals surface area contributed by atoms with E-state index in [2.05, 4.69) is 14.3 Å². The Morgan fingerprint density at radius 3 is 3.00 bits per heavy atom. The lowest BCUT2D eigenvalue weighted by Crippen LogP contribution is -1.89. The highest BCUT2D eigenvalue weighted by molar-refractivity contribution is 7.09. The van der Waals surface area contributed by atoms with Crippen LogP contribution < -0.4 is 10.5 Å². The molecule has 2 aromatic heterocycles. The number of nitrogen functional groups attached to an aromatic ring is 1. The first-order valence-electron chi connectivity index (χ1n) is 3.89. The summed E-state index contributed by atoms with van der Waals surface area (Å²) in [5.41, 5.74) is 6.30. The van der Waals surface area contributed by atoms with Gasteiger partial charge in [-0.05, 0) is 17.6 Å². The van der Waals surface area contributed by atoms with Crippen LogP contribution in [0.25, 0.3) is 10.6 Å². The van der Waals surface area contributed by atoms with Crippen LogP contribution in [0.1, 0.15) is 0 Å². The maximum absolute atomic E-state index is 5.44. The largest absolute Gasteiger partial charge is 0.494 e. The maximum atomic E-state index is 5.44. The van der Waals surface area contributed by atoms with Gasteiger partial charge in [0, 0.05) is 6.20 Å². The molecule has 0 saturated carbocycles. The highest BCUT2D eigenvalue weighted by atomic mass is 32.1. The number of aromatic nitrogens is 3. The molecule has 0 radical (unpaired) electrons. The van der Waals surface area contributed by atoms with Crippen LogP contribution in [0, 0.1) is 0 Å². The minimum atomic E-state index is 0.281. The fourth-order valence-electron chi connectivity index (χ4n) is 1.06. The molecule has 0 spiro atoms. The predicted molar refractivity (Wildman–Crippen MR) is 54.1 cm³/mol. The fourth-order valence-corrected chi connectivity index (χ4v) is 1.69. The van der Waals surface area contributed by atoms with Crippen molar-refractivity contribution in [2.75, 3.05) is 12.8 Å². The van der Waals surface area contributed by atoms with Crippen molar-refractivity contribution in [1.29, 1.82) is 0 Å². The summed E-state index contributed by atoms with van der Waals surface area (Å²) in [6.07, 6.45) is 3.31. The molecular formula is C8H8N4OS. The number of nitrogens with zero attached hydrogens (tertiary/aromatic N) is 3. The highest BCUT2D eigenvalue weighted by Gasteiger charge is 2.09. The van der Waals surface area contributed by atoms with E-state index in [0.29, 0.717) is 5.75 Å². The first-order valence-corrected chi connectivity index (χ1v) is 4.66. The van der Waals surface area contributed by atoms with Gasteiger partial charge in [-0.25, -0.2) is 0 Å². The van der Waals surface area contributed by atoms with Crippen molar-refractivity contribution in [2.24, 2.45) is 0 Å². The van der Waals surface area contributed by atoms with E-state index in [0.717, 1.165) is 10.6 Å². The average molecular weight is 208 g/mol. The summed E-state index contributed by atoms with van der Waals surface area (Å²) in [6, 6.07) is 1.82. The van der Waals surface area contributed by atoms with E-state index in [1.165, 1.54) is 11.5 Å². The van der Waals surface area contributed by atoms with Crippen LogP contribution in [0.5, 0.6) is 5.75 Å². The van der Waals surface area contributed by atoms with Gasteiger partial charge < -0.3 is 10.5 Å². The van der Waals surface area contributed by atoms with Crippen LogP contribution >= 0.6 is 11.5 Å². The molecule has 2 N–H and O–H groups in total. The summed E-state index contributed by atoms with van der Waals surface area (Å²) in [4.78, 5) is 8.02. The third-order valence-corrected chi connectivity index (χ3v) is 2.44. The van der Waals surface area contributed by atoms with E-state index < -0.39 is 0 Å². The van der Waals surface area contributed by atoms with Crippen molar-refractivity contribution in [3.63, 3.8) is 0 Å². The number of anilines is 1. The minimum absolute atomic E-state index is 0.281. The molecule has 0 atom stereocenters. The Morgan fingerprint density at radius 1 is 1.50 bits per heavy atom. The molecule has 0 aliphatic rings. The molecule has 0 fully saturated rings. The van der Waals surface area contributed by atoms with Gasteiger partial charge in [-0.3, -0.25) is 4.98 Å². The molecule has 72 valence electrons. The summed E-state index contributed by atoms with van der Waals surface area (Å²) < 4.78 is 9.05. The first-order chi connectivity index (χ1) is 6.81. The lowest BCUT2D eigenvalue weighted by Gasteiger charge is -2.02. The SMILES string of the molecule is COc1cnccc1-c1nc(N)ns1. The molecular weight excluding hydrogens is 200 g/mol. The summed E-state index contributed by atoms with van der Waals surface area (Å²) in [6.45, 7) is 0. The molecule has 2 rings (SSSR count). The van der Waals surface area contributed by atoms with Gasteiger partial charge in [0.2, 0.25) is 5.95 Å². The Bertz CT molecular complexity index is 442. The smallest absolute Gasteiger partial charge is 0.232 e. The third-order valence-electron chi connectivity index (χ3n) is 1.68. The number of hydrogen-bond donors (Lipinski definition) is 1. The van der Waals surface area contributed by atoms with Crippen LogP contribution in [0.2, 0.25) is 0 Å². The summed E-state index contributed by atoms with van der Waals surface area (Å²) in [7, 11) is 1.59. The van der Waals surface area contributed by atoms with Gasteiger partial charge in [-0.15, -0.1) is 0 Å². The highest BCUT2D eigenvalue weighted by Crippen LogP contribution is 2.29. The van der Waals surface area contributed by atoms with Crippen LogP contribution in [-0.4, -0.2) is 21.5 Å². The number of nitrogens with two attached hydrogens (primary N) is 1. The number of methoxy groups -OCH3 is 1. The lowest BCUT2D eigenvalue weighted by atomic mass is 10.2. The Morgan fingerprint density at radius 2 is 2.36 bits per heavy atom. The molecule has 0 aliphatic heterocycles. The van der Waals surface area contributed by atoms with Gasteiger partial charge in [0.1, 0.15) is 10.8 Å². The van der Waals surface area contributed by atoms with Crippen molar-refractivity contribution in [2.45, 2.75) is 0 Å². The molecule has 0 amide bonds. The second-order valence-electron chi connectivity index (χ2n) is 2.53. The van der Waals surface area contributed by atoms with Gasteiger partial charge in [-0.2, -0.15) is 9.36 Å². The lowest BCUT2D eigenvalue weighted by molar-refractivity contribution is 0.414. The minimum Gasteiger partial charge on any atom is -0.494 e.